The highest BCUT2D eigenvalue weighted by Gasteiger charge is 2.19. The number of likely N-dealkylation sites (N-methyl/N-ethyl adjacent to an activating group) is 1. The number of halogens is 1. The summed E-state index contributed by atoms with van der Waals surface area (Å²) >= 11 is 3.55. The second-order valence-electron chi connectivity index (χ2n) is 4.14. The van der Waals surface area contributed by atoms with Crippen molar-refractivity contribution in [1.29, 1.82) is 0 Å². The van der Waals surface area contributed by atoms with E-state index in [-0.39, 0.29) is 0 Å². The number of benzene rings is 1. The molecule has 0 aliphatic carbocycles. The van der Waals surface area contributed by atoms with Crippen molar-refractivity contribution >= 4 is 15.9 Å². The predicted molar refractivity (Wildman–Crippen MR) is 74.9 cm³/mol. The Morgan fingerprint density at radius 3 is 2.44 bits per heavy atom. The van der Waals surface area contributed by atoms with E-state index in [2.05, 4.69) is 66.3 Å². The highest BCUT2D eigenvalue weighted by Crippen LogP contribution is 2.27. The molecule has 90 valence electrons. The van der Waals surface area contributed by atoms with Crippen molar-refractivity contribution in [2.24, 2.45) is 0 Å². The quantitative estimate of drug-likeness (QED) is 0.819. The van der Waals surface area contributed by atoms with Crippen LogP contribution in [-0.4, -0.2) is 12.6 Å². The molecule has 0 saturated heterocycles. The van der Waals surface area contributed by atoms with Crippen LogP contribution < -0.4 is 5.32 Å². The fourth-order valence-corrected chi connectivity index (χ4v) is 2.74. The molecule has 0 radical (unpaired) electrons. The molecular weight excluding hydrogens is 262 g/mol. The van der Waals surface area contributed by atoms with Crippen molar-refractivity contribution in [1.82, 2.24) is 5.32 Å². The SMILES string of the molecule is CCNC(CC)C(CC)c1cccc(Br)c1. The lowest BCUT2D eigenvalue weighted by atomic mass is 9.88. The molecule has 1 N–H and O–H groups in total. The van der Waals surface area contributed by atoms with Crippen molar-refractivity contribution in [2.75, 3.05) is 6.54 Å². The summed E-state index contributed by atoms with van der Waals surface area (Å²) in [5.74, 6) is 0.613. The highest BCUT2D eigenvalue weighted by molar-refractivity contribution is 9.10. The first-order chi connectivity index (χ1) is 7.72. The Hall–Kier alpha value is -0.340. The van der Waals surface area contributed by atoms with Crippen LogP contribution in [0.5, 0.6) is 0 Å². The Labute approximate surface area is 108 Å². The molecule has 0 amide bonds. The molecule has 0 fully saturated rings. The Balaban J connectivity index is 2.87. The average Bonchev–Trinajstić information content (AvgIpc) is 2.29. The smallest absolute Gasteiger partial charge is 0.0178 e. The zero-order valence-electron chi connectivity index (χ0n) is 10.5. The van der Waals surface area contributed by atoms with Gasteiger partial charge in [-0.2, -0.15) is 0 Å². The highest BCUT2D eigenvalue weighted by atomic mass is 79.9. The number of hydrogen-bond donors (Lipinski definition) is 1. The molecule has 0 heterocycles. The van der Waals surface area contributed by atoms with Crippen LogP contribution in [0.2, 0.25) is 0 Å². The van der Waals surface area contributed by atoms with E-state index in [1.165, 1.54) is 22.9 Å². The van der Waals surface area contributed by atoms with Crippen LogP contribution in [0.4, 0.5) is 0 Å². The van der Waals surface area contributed by atoms with Gasteiger partial charge >= 0.3 is 0 Å². The van der Waals surface area contributed by atoms with Crippen molar-refractivity contribution in [3.05, 3.63) is 34.3 Å². The maximum atomic E-state index is 3.59. The standard InChI is InChI=1S/C14H22BrN/c1-4-13(14(5-2)16-6-3)11-8-7-9-12(15)10-11/h7-10,13-14,16H,4-6H2,1-3H3. The van der Waals surface area contributed by atoms with Gasteiger partial charge in [0.2, 0.25) is 0 Å². The fourth-order valence-electron chi connectivity index (χ4n) is 2.32. The van der Waals surface area contributed by atoms with E-state index >= 15 is 0 Å². The third kappa shape index (κ3) is 3.60. The minimum Gasteiger partial charge on any atom is -0.314 e. The van der Waals surface area contributed by atoms with E-state index in [0.29, 0.717) is 12.0 Å². The number of rotatable bonds is 6. The van der Waals surface area contributed by atoms with Crippen molar-refractivity contribution in [3.8, 4) is 0 Å². The van der Waals surface area contributed by atoms with Crippen LogP contribution in [-0.2, 0) is 0 Å². The van der Waals surface area contributed by atoms with Gasteiger partial charge in [0, 0.05) is 10.5 Å². The van der Waals surface area contributed by atoms with Gasteiger partial charge in [0.25, 0.3) is 0 Å². The largest absolute Gasteiger partial charge is 0.314 e. The average molecular weight is 284 g/mol. The van der Waals surface area contributed by atoms with E-state index in [1.807, 2.05) is 0 Å². The van der Waals surface area contributed by atoms with Crippen molar-refractivity contribution < 1.29 is 0 Å². The molecule has 2 heteroatoms. The number of nitrogens with one attached hydrogen (secondary N) is 1. The molecule has 0 saturated carbocycles. The maximum Gasteiger partial charge on any atom is 0.0178 e. The monoisotopic (exact) mass is 283 g/mol. The Bertz CT molecular complexity index is 311. The summed E-state index contributed by atoms with van der Waals surface area (Å²) in [4.78, 5) is 0. The molecule has 0 spiro atoms. The first kappa shape index (κ1) is 13.7. The minimum absolute atomic E-state index is 0.587. The molecule has 16 heavy (non-hydrogen) atoms. The van der Waals surface area contributed by atoms with E-state index in [1.54, 1.807) is 0 Å². The van der Waals surface area contributed by atoms with Gasteiger partial charge in [-0.15, -0.1) is 0 Å². The first-order valence-electron chi connectivity index (χ1n) is 6.21. The fraction of sp³-hybridized carbons (Fsp3) is 0.571. The zero-order valence-corrected chi connectivity index (χ0v) is 12.0. The Kier molecular flexibility index (Phi) is 6.07. The van der Waals surface area contributed by atoms with Crippen LogP contribution in [0.25, 0.3) is 0 Å². The molecule has 1 aromatic rings. The number of hydrogen-bond acceptors (Lipinski definition) is 1. The summed E-state index contributed by atoms with van der Waals surface area (Å²) in [6.45, 7) is 7.75. The molecule has 1 aromatic carbocycles. The van der Waals surface area contributed by atoms with Crippen molar-refractivity contribution in [3.63, 3.8) is 0 Å². The molecule has 2 unspecified atom stereocenters. The van der Waals surface area contributed by atoms with E-state index in [0.717, 1.165) is 6.54 Å². The van der Waals surface area contributed by atoms with Gasteiger partial charge in [-0.05, 0) is 43.0 Å². The third-order valence-electron chi connectivity index (χ3n) is 3.11. The van der Waals surface area contributed by atoms with Crippen LogP contribution in [0, 0.1) is 0 Å². The summed E-state index contributed by atoms with van der Waals surface area (Å²) in [6.07, 6.45) is 2.36. The molecule has 0 aliphatic rings. The zero-order chi connectivity index (χ0) is 12.0. The van der Waals surface area contributed by atoms with Gasteiger partial charge in [0.05, 0.1) is 0 Å². The molecule has 0 aliphatic heterocycles. The van der Waals surface area contributed by atoms with Gasteiger partial charge < -0.3 is 5.32 Å². The van der Waals surface area contributed by atoms with Gasteiger partial charge in [-0.25, -0.2) is 0 Å². The molecule has 2 atom stereocenters. The molecule has 0 bridgehead atoms. The molecule has 0 aromatic heterocycles. The van der Waals surface area contributed by atoms with Gasteiger partial charge in [0.15, 0.2) is 0 Å². The summed E-state index contributed by atoms with van der Waals surface area (Å²) in [6, 6.07) is 9.28. The second-order valence-corrected chi connectivity index (χ2v) is 5.06. The topological polar surface area (TPSA) is 12.0 Å². The lowest BCUT2D eigenvalue weighted by Crippen LogP contribution is -2.34. The van der Waals surface area contributed by atoms with Crippen LogP contribution in [0.1, 0.15) is 45.1 Å². The van der Waals surface area contributed by atoms with Crippen LogP contribution in [0.3, 0.4) is 0 Å². The summed E-state index contributed by atoms with van der Waals surface area (Å²) < 4.78 is 1.18. The summed E-state index contributed by atoms with van der Waals surface area (Å²) in [5, 5.41) is 3.59. The normalized spacial score (nSPS) is 14.8. The Morgan fingerprint density at radius 2 is 1.94 bits per heavy atom. The minimum atomic E-state index is 0.587. The van der Waals surface area contributed by atoms with Crippen LogP contribution in [0.15, 0.2) is 28.7 Å². The van der Waals surface area contributed by atoms with Gasteiger partial charge in [0.1, 0.15) is 0 Å². The van der Waals surface area contributed by atoms with Crippen LogP contribution >= 0.6 is 15.9 Å². The maximum absolute atomic E-state index is 3.59. The summed E-state index contributed by atoms with van der Waals surface area (Å²) in [7, 11) is 0. The third-order valence-corrected chi connectivity index (χ3v) is 3.60. The van der Waals surface area contributed by atoms with Gasteiger partial charge in [-0.3, -0.25) is 0 Å². The lowest BCUT2D eigenvalue weighted by Gasteiger charge is -2.26. The van der Waals surface area contributed by atoms with Crippen molar-refractivity contribution in [2.45, 2.75) is 45.6 Å². The Morgan fingerprint density at radius 1 is 1.19 bits per heavy atom. The van der Waals surface area contributed by atoms with E-state index < -0.39 is 0 Å². The van der Waals surface area contributed by atoms with E-state index in [9.17, 15) is 0 Å². The molecule has 1 nitrogen and oxygen atoms in total. The van der Waals surface area contributed by atoms with Gasteiger partial charge in [-0.1, -0.05) is 48.8 Å². The molecular formula is C14H22BrN. The molecule has 1 rings (SSSR count). The predicted octanol–water partition coefficient (Wildman–Crippen LogP) is 4.33. The summed E-state index contributed by atoms with van der Waals surface area (Å²) in [5.41, 5.74) is 1.43. The second kappa shape index (κ2) is 7.08. The lowest BCUT2D eigenvalue weighted by molar-refractivity contribution is 0.420. The first-order valence-corrected chi connectivity index (χ1v) is 7.01. The van der Waals surface area contributed by atoms with E-state index in [4.69, 9.17) is 0 Å².